The minimum atomic E-state index is -0.702. The summed E-state index contributed by atoms with van der Waals surface area (Å²) in [5.74, 6) is -1.50. The van der Waals surface area contributed by atoms with Crippen LogP contribution in [-0.2, 0) is 20.8 Å². The fraction of sp³-hybridized carbons (Fsp3) is 0.167. The number of nitrogens with one attached hydrogen (secondary N) is 2. The van der Waals surface area contributed by atoms with Gasteiger partial charge < -0.3 is 15.5 Å². The molecule has 0 saturated carbocycles. The third-order valence-electron chi connectivity index (χ3n) is 3.77. The molecule has 0 radical (unpaired) electrons. The molecule has 3 rings (SSSR count). The average molecular weight is 323 g/mol. The molecule has 24 heavy (non-hydrogen) atoms. The smallest absolute Gasteiger partial charge is 0.316 e. The molecule has 6 nitrogen and oxygen atoms in total. The van der Waals surface area contributed by atoms with Crippen molar-refractivity contribution in [1.29, 1.82) is 0 Å². The van der Waals surface area contributed by atoms with Crippen LogP contribution >= 0.6 is 0 Å². The molecular formula is C18H17N3O3. The van der Waals surface area contributed by atoms with Crippen molar-refractivity contribution in [1.82, 2.24) is 0 Å². The van der Waals surface area contributed by atoms with Crippen molar-refractivity contribution >= 4 is 34.8 Å². The third kappa shape index (κ3) is 3.27. The summed E-state index contributed by atoms with van der Waals surface area (Å²) < 4.78 is 0. The van der Waals surface area contributed by atoms with Crippen molar-refractivity contribution in [2.24, 2.45) is 0 Å². The Morgan fingerprint density at radius 2 is 1.67 bits per heavy atom. The highest BCUT2D eigenvalue weighted by Gasteiger charge is 2.28. The molecule has 2 aromatic carbocycles. The zero-order chi connectivity index (χ0) is 17.1. The van der Waals surface area contributed by atoms with E-state index in [9.17, 15) is 14.4 Å². The van der Waals surface area contributed by atoms with Gasteiger partial charge in [-0.25, -0.2) is 0 Å². The first kappa shape index (κ1) is 15.7. The average Bonchev–Trinajstić information content (AvgIpc) is 2.97. The third-order valence-corrected chi connectivity index (χ3v) is 3.77. The Bertz CT molecular complexity index is 817. The molecule has 0 spiro atoms. The van der Waals surface area contributed by atoms with E-state index in [-0.39, 0.29) is 5.91 Å². The molecule has 2 aromatic rings. The lowest BCUT2D eigenvalue weighted by Gasteiger charge is -2.16. The van der Waals surface area contributed by atoms with Gasteiger partial charge in [0, 0.05) is 30.5 Å². The van der Waals surface area contributed by atoms with Gasteiger partial charge in [0.25, 0.3) is 0 Å². The van der Waals surface area contributed by atoms with Crippen LogP contribution in [0.5, 0.6) is 0 Å². The monoisotopic (exact) mass is 323 g/mol. The highest BCUT2D eigenvalue weighted by Crippen LogP contribution is 2.27. The number of hydrogen-bond donors (Lipinski definition) is 2. The molecule has 0 aliphatic carbocycles. The molecule has 0 aromatic heterocycles. The lowest BCUT2D eigenvalue weighted by atomic mass is 10.2. The van der Waals surface area contributed by atoms with Gasteiger partial charge in [-0.15, -0.1) is 0 Å². The largest absolute Gasteiger partial charge is 0.326 e. The molecule has 0 bridgehead atoms. The summed E-state index contributed by atoms with van der Waals surface area (Å²) in [6.45, 7) is 1.90. The minimum absolute atomic E-state index is 0.205. The van der Waals surface area contributed by atoms with Gasteiger partial charge in [0.2, 0.25) is 5.91 Å². The van der Waals surface area contributed by atoms with E-state index in [1.165, 1.54) is 11.8 Å². The summed E-state index contributed by atoms with van der Waals surface area (Å²) in [6, 6.07) is 14.2. The van der Waals surface area contributed by atoms with Crippen LogP contribution in [0.1, 0.15) is 12.5 Å². The van der Waals surface area contributed by atoms with Crippen LogP contribution in [-0.4, -0.2) is 24.3 Å². The van der Waals surface area contributed by atoms with Crippen molar-refractivity contribution < 1.29 is 14.4 Å². The van der Waals surface area contributed by atoms with Crippen LogP contribution in [0.3, 0.4) is 0 Å². The second-order valence-corrected chi connectivity index (χ2v) is 5.55. The molecule has 1 aliphatic heterocycles. The quantitative estimate of drug-likeness (QED) is 0.832. The van der Waals surface area contributed by atoms with E-state index in [1.807, 2.05) is 24.3 Å². The molecule has 0 unspecified atom stereocenters. The maximum absolute atomic E-state index is 12.4. The summed E-state index contributed by atoms with van der Waals surface area (Å²) in [4.78, 5) is 37.2. The van der Waals surface area contributed by atoms with Crippen LogP contribution in [0.25, 0.3) is 0 Å². The number of fused-ring (bicyclic) bond motifs is 1. The Hall–Kier alpha value is -3.15. The standard InChI is InChI=1S/C18H17N3O3/c1-12(22)19-14-6-4-7-15(11-14)20-17(23)18(24)21-10-9-13-5-2-3-8-16(13)21/h2-8,11H,9-10H2,1H3,(H,19,22)(H,20,23). The summed E-state index contributed by atoms with van der Waals surface area (Å²) in [5, 5.41) is 5.21. The van der Waals surface area contributed by atoms with Crippen LogP contribution in [0.2, 0.25) is 0 Å². The summed E-state index contributed by atoms with van der Waals surface area (Å²) in [6.07, 6.45) is 0.743. The highest BCUT2D eigenvalue weighted by molar-refractivity contribution is 6.44. The second-order valence-electron chi connectivity index (χ2n) is 5.55. The predicted molar refractivity (Wildman–Crippen MR) is 91.9 cm³/mol. The molecule has 2 N–H and O–H groups in total. The number of carbonyl (C=O) groups is 3. The van der Waals surface area contributed by atoms with Gasteiger partial charge in [0.1, 0.15) is 0 Å². The van der Waals surface area contributed by atoms with Crippen LogP contribution < -0.4 is 15.5 Å². The lowest BCUT2D eigenvalue weighted by Crippen LogP contribution is -2.38. The zero-order valence-electron chi connectivity index (χ0n) is 13.2. The van der Waals surface area contributed by atoms with E-state index >= 15 is 0 Å². The number of para-hydroxylation sites is 1. The van der Waals surface area contributed by atoms with Crippen molar-refractivity contribution in [2.45, 2.75) is 13.3 Å². The number of hydrogen-bond acceptors (Lipinski definition) is 3. The molecule has 1 aliphatic rings. The van der Waals surface area contributed by atoms with Crippen LogP contribution in [0.4, 0.5) is 17.1 Å². The van der Waals surface area contributed by atoms with Crippen molar-refractivity contribution in [2.75, 3.05) is 22.1 Å². The van der Waals surface area contributed by atoms with E-state index in [1.54, 1.807) is 24.3 Å². The first-order valence-corrected chi connectivity index (χ1v) is 7.63. The Morgan fingerprint density at radius 1 is 0.958 bits per heavy atom. The summed E-state index contributed by atoms with van der Waals surface area (Å²) in [5.41, 5.74) is 2.85. The molecule has 6 heteroatoms. The lowest BCUT2D eigenvalue weighted by molar-refractivity contribution is -0.134. The van der Waals surface area contributed by atoms with E-state index in [0.717, 1.165) is 17.7 Å². The van der Waals surface area contributed by atoms with Gasteiger partial charge >= 0.3 is 11.8 Å². The normalized spacial score (nSPS) is 12.5. The molecule has 3 amide bonds. The number of rotatable bonds is 2. The number of carbonyl (C=O) groups excluding carboxylic acids is 3. The van der Waals surface area contributed by atoms with Crippen LogP contribution in [0.15, 0.2) is 48.5 Å². The molecule has 0 fully saturated rings. The number of benzene rings is 2. The Labute approximate surface area is 139 Å². The first-order valence-electron chi connectivity index (χ1n) is 7.63. The van der Waals surface area contributed by atoms with Crippen LogP contribution in [0, 0.1) is 0 Å². The van der Waals surface area contributed by atoms with Crippen molar-refractivity contribution in [3.63, 3.8) is 0 Å². The number of anilines is 3. The molecule has 0 atom stereocenters. The Kier molecular flexibility index (Phi) is 4.29. The highest BCUT2D eigenvalue weighted by atomic mass is 16.2. The van der Waals surface area contributed by atoms with Gasteiger partial charge in [-0.1, -0.05) is 24.3 Å². The number of nitrogens with zero attached hydrogens (tertiary/aromatic N) is 1. The molecule has 1 heterocycles. The Morgan fingerprint density at radius 3 is 2.42 bits per heavy atom. The van der Waals surface area contributed by atoms with Crippen molar-refractivity contribution in [3.8, 4) is 0 Å². The van der Waals surface area contributed by atoms with Crippen molar-refractivity contribution in [3.05, 3.63) is 54.1 Å². The fourth-order valence-corrected chi connectivity index (χ4v) is 2.73. The first-order chi connectivity index (χ1) is 11.5. The summed E-state index contributed by atoms with van der Waals surface area (Å²) in [7, 11) is 0. The van der Waals surface area contributed by atoms with E-state index < -0.39 is 11.8 Å². The maximum atomic E-state index is 12.4. The summed E-state index contributed by atoms with van der Waals surface area (Å²) >= 11 is 0. The van der Waals surface area contributed by atoms with E-state index in [0.29, 0.717) is 17.9 Å². The zero-order valence-corrected chi connectivity index (χ0v) is 13.2. The van der Waals surface area contributed by atoms with Gasteiger partial charge in [0.15, 0.2) is 0 Å². The van der Waals surface area contributed by atoms with Gasteiger partial charge in [0.05, 0.1) is 0 Å². The fourth-order valence-electron chi connectivity index (χ4n) is 2.73. The minimum Gasteiger partial charge on any atom is -0.326 e. The molecule has 122 valence electrons. The molecular weight excluding hydrogens is 306 g/mol. The number of amides is 3. The maximum Gasteiger partial charge on any atom is 0.316 e. The van der Waals surface area contributed by atoms with Gasteiger partial charge in [-0.05, 0) is 36.2 Å². The molecule has 0 saturated heterocycles. The second kappa shape index (κ2) is 6.54. The predicted octanol–water partition coefficient (Wildman–Crippen LogP) is 2.17. The SMILES string of the molecule is CC(=O)Nc1cccc(NC(=O)C(=O)N2CCc3ccccc32)c1. The van der Waals surface area contributed by atoms with E-state index in [4.69, 9.17) is 0 Å². The Balaban J connectivity index is 1.72. The van der Waals surface area contributed by atoms with E-state index in [2.05, 4.69) is 10.6 Å². The van der Waals surface area contributed by atoms with Gasteiger partial charge in [-0.3, -0.25) is 14.4 Å². The topological polar surface area (TPSA) is 78.5 Å². The van der Waals surface area contributed by atoms with Gasteiger partial charge in [-0.2, -0.15) is 0 Å².